The van der Waals surface area contributed by atoms with Crippen molar-refractivity contribution in [2.24, 2.45) is 0 Å². The molecule has 0 aliphatic carbocycles. The number of nitrogens with zero attached hydrogens (tertiary/aromatic N) is 3. The number of aliphatic hydroxyl groups is 1. The standard InChI is InChI=1S/C8H11N3O4/c12-5-1-2-11(3-5)4-6-9-7(8(13)14)10-15-6/h5,12H,1-4H2,(H,13,14). The van der Waals surface area contributed by atoms with E-state index in [9.17, 15) is 9.90 Å². The van der Waals surface area contributed by atoms with E-state index in [1.165, 1.54) is 0 Å². The van der Waals surface area contributed by atoms with Crippen molar-refractivity contribution in [2.75, 3.05) is 13.1 Å². The van der Waals surface area contributed by atoms with Crippen LogP contribution in [0, 0.1) is 0 Å². The average molecular weight is 213 g/mol. The number of rotatable bonds is 3. The van der Waals surface area contributed by atoms with Crippen LogP contribution in [-0.2, 0) is 6.54 Å². The van der Waals surface area contributed by atoms with Crippen molar-refractivity contribution in [1.29, 1.82) is 0 Å². The number of carbonyl (C=O) groups is 1. The van der Waals surface area contributed by atoms with Crippen LogP contribution < -0.4 is 0 Å². The Hall–Kier alpha value is -1.47. The van der Waals surface area contributed by atoms with Gasteiger partial charge in [0.25, 0.3) is 5.82 Å². The molecule has 1 unspecified atom stereocenters. The van der Waals surface area contributed by atoms with E-state index in [1.807, 2.05) is 4.90 Å². The maximum Gasteiger partial charge on any atom is 0.377 e. The molecule has 1 aliphatic heterocycles. The molecule has 0 spiro atoms. The Kier molecular flexibility index (Phi) is 2.65. The molecular weight excluding hydrogens is 202 g/mol. The predicted octanol–water partition coefficient (Wildman–Crippen LogP) is -0.666. The number of aromatic nitrogens is 2. The second-order valence-corrected chi connectivity index (χ2v) is 3.49. The van der Waals surface area contributed by atoms with E-state index in [0.717, 1.165) is 13.0 Å². The quantitative estimate of drug-likeness (QED) is 0.687. The summed E-state index contributed by atoms with van der Waals surface area (Å²) >= 11 is 0. The van der Waals surface area contributed by atoms with E-state index in [1.54, 1.807) is 0 Å². The zero-order valence-corrected chi connectivity index (χ0v) is 7.96. The largest absolute Gasteiger partial charge is 0.475 e. The van der Waals surface area contributed by atoms with E-state index in [-0.39, 0.29) is 17.8 Å². The summed E-state index contributed by atoms with van der Waals surface area (Å²) in [5, 5.41) is 21.1. The van der Waals surface area contributed by atoms with Gasteiger partial charge >= 0.3 is 5.97 Å². The molecule has 0 saturated carbocycles. The third kappa shape index (κ3) is 2.31. The first-order valence-electron chi connectivity index (χ1n) is 4.61. The number of hydrogen-bond acceptors (Lipinski definition) is 6. The summed E-state index contributed by atoms with van der Waals surface area (Å²) in [5.41, 5.74) is 0. The molecule has 2 heterocycles. The number of likely N-dealkylation sites (tertiary alicyclic amines) is 1. The van der Waals surface area contributed by atoms with Gasteiger partial charge in [-0.25, -0.2) is 4.79 Å². The summed E-state index contributed by atoms with van der Waals surface area (Å²) in [7, 11) is 0. The molecule has 7 heteroatoms. The fraction of sp³-hybridized carbons (Fsp3) is 0.625. The number of β-amino-alcohol motifs (C(OH)–C–C–N with tert-alkyl or cyclic N) is 1. The predicted molar refractivity (Wildman–Crippen MR) is 47.2 cm³/mol. The second kappa shape index (κ2) is 3.95. The van der Waals surface area contributed by atoms with Gasteiger partial charge in [0.15, 0.2) is 0 Å². The van der Waals surface area contributed by atoms with Crippen LogP contribution in [0.3, 0.4) is 0 Å². The van der Waals surface area contributed by atoms with Crippen LogP contribution in [0.25, 0.3) is 0 Å². The highest BCUT2D eigenvalue weighted by Gasteiger charge is 2.22. The molecule has 2 N–H and O–H groups in total. The van der Waals surface area contributed by atoms with Crippen molar-refractivity contribution >= 4 is 5.97 Å². The zero-order valence-electron chi connectivity index (χ0n) is 7.96. The first kappa shape index (κ1) is 10.1. The smallest absolute Gasteiger partial charge is 0.377 e. The maximum absolute atomic E-state index is 10.5. The van der Waals surface area contributed by atoms with Gasteiger partial charge in [-0.15, -0.1) is 0 Å². The fourth-order valence-corrected chi connectivity index (χ4v) is 1.55. The summed E-state index contributed by atoms with van der Waals surface area (Å²) in [6.45, 7) is 1.70. The van der Waals surface area contributed by atoms with Gasteiger partial charge < -0.3 is 14.7 Å². The van der Waals surface area contributed by atoms with Gasteiger partial charge in [0, 0.05) is 13.1 Å². The lowest BCUT2D eigenvalue weighted by Crippen LogP contribution is -2.21. The SMILES string of the molecule is O=C(O)c1noc(CN2CCC(O)C2)n1. The maximum atomic E-state index is 10.5. The van der Waals surface area contributed by atoms with Gasteiger partial charge in [0.2, 0.25) is 5.89 Å². The van der Waals surface area contributed by atoms with E-state index in [0.29, 0.717) is 13.1 Å². The van der Waals surface area contributed by atoms with Crippen LogP contribution >= 0.6 is 0 Å². The van der Waals surface area contributed by atoms with E-state index < -0.39 is 5.97 Å². The topological polar surface area (TPSA) is 99.7 Å². The number of carboxylic acids is 1. The highest BCUT2D eigenvalue weighted by atomic mass is 16.5. The molecule has 1 fully saturated rings. The number of hydrogen-bond donors (Lipinski definition) is 2. The van der Waals surface area contributed by atoms with E-state index >= 15 is 0 Å². The minimum Gasteiger partial charge on any atom is -0.475 e. The van der Waals surface area contributed by atoms with Crippen LogP contribution in [0.4, 0.5) is 0 Å². The Morgan fingerprint density at radius 1 is 1.67 bits per heavy atom. The van der Waals surface area contributed by atoms with Crippen molar-refractivity contribution in [1.82, 2.24) is 15.0 Å². The minimum atomic E-state index is -1.20. The average Bonchev–Trinajstić information content (AvgIpc) is 2.76. The minimum absolute atomic E-state index is 0.265. The van der Waals surface area contributed by atoms with Gasteiger partial charge in [0.1, 0.15) is 0 Å². The lowest BCUT2D eigenvalue weighted by molar-refractivity contribution is 0.0680. The summed E-state index contributed by atoms with van der Waals surface area (Å²) in [4.78, 5) is 16.1. The van der Waals surface area contributed by atoms with Gasteiger partial charge in [0.05, 0.1) is 12.6 Å². The Morgan fingerprint density at radius 3 is 3.00 bits per heavy atom. The molecule has 1 aromatic rings. The number of aromatic carboxylic acids is 1. The fourth-order valence-electron chi connectivity index (χ4n) is 1.55. The van der Waals surface area contributed by atoms with Crippen molar-refractivity contribution in [3.05, 3.63) is 11.7 Å². The molecule has 1 aliphatic rings. The molecule has 1 atom stereocenters. The Balaban J connectivity index is 1.96. The van der Waals surface area contributed by atoms with Crippen LogP contribution in [0.5, 0.6) is 0 Å². The molecule has 7 nitrogen and oxygen atoms in total. The van der Waals surface area contributed by atoms with Crippen LogP contribution in [0.2, 0.25) is 0 Å². The molecule has 1 aromatic heterocycles. The molecule has 15 heavy (non-hydrogen) atoms. The van der Waals surface area contributed by atoms with Crippen molar-refractivity contribution in [2.45, 2.75) is 19.1 Å². The molecule has 0 bridgehead atoms. The summed E-state index contributed by atoms with van der Waals surface area (Å²) in [6, 6.07) is 0. The molecular formula is C8H11N3O4. The monoisotopic (exact) mass is 213 g/mol. The highest BCUT2D eigenvalue weighted by molar-refractivity contribution is 5.82. The molecule has 0 amide bonds. The van der Waals surface area contributed by atoms with Gasteiger partial charge in [-0.2, -0.15) is 4.98 Å². The number of carboxylic acid groups (broad SMARTS) is 1. The molecule has 1 saturated heterocycles. The van der Waals surface area contributed by atoms with E-state index in [4.69, 9.17) is 9.63 Å². The zero-order chi connectivity index (χ0) is 10.8. The molecule has 2 rings (SSSR count). The highest BCUT2D eigenvalue weighted by Crippen LogP contribution is 2.12. The summed E-state index contributed by atoms with van der Waals surface area (Å²) < 4.78 is 4.76. The summed E-state index contributed by atoms with van der Waals surface area (Å²) in [5.74, 6) is -1.27. The lowest BCUT2D eigenvalue weighted by Gasteiger charge is -2.10. The van der Waals surface area contributed by atoms with Crippen LogP contribution in [0.1, 0.15) is 22.9 Å². The second-order valence-electron chi connectivity index (χ2n) is 3.49. The molecule has 0 radical (unpaired) electrons. The van der Waals surface area contributed by atoms with Gasteiger partial charge in [-0.1, -0.05) is 0 Å². The Bertz CT molecular complexity index is 365. The van der Waals surface area contributed by atoms with Crippen molar-refractivity contribution in [3.8, 4) is 0 Å². The third-order valence-corrected chi connectivity index (χ3v) is 2.27. The Morgan fingerprint density at radius 2 is 2.47 bits per heavy atom. The van der Waals surface area contributed by atoms with Crippen LogP contribution in [0.15, 0.2) is 4.52 Å². The van der Waals surface area contributed by atoms with E-state index in [2.05, 4.69) is 10.1 Å². The first-order valence-corrected chi connectivity index (χ1v) is 4.61. The lowest BCUT2D eigenvalue weighted by atomic mass is 10.3. The molecule has 0 aromatic carbocycles. The number of aliphatic hydroxyl groups excluding tert-OH is 1. The van der Waals surface area contributed by atoms with Crippen molar-refractivity contribution < 1.29 is 19.5 Å². The Labute approximate surface area is 85.3 Å². The summed E-state index contributed by atoms with van der Waals surface area (Å²) in [6.07, 6.45) is 0.409. The van der Waals surface area contributed by atoms with Crippen molar-refractivity contribution in [3.63, 3.8) is 0 Å². The molecule has 82 valence electrons. The van der Waals surface area contributed by atoms with Gasteiger partial charge in [-0.05, 0) is 11.6 Å². The first-order chi connectivity index (χ1) is 7.15. The normalized spacial score (nSPS) is 22.1. The van der Waals surface area contributed by atoms with Crippen LogP contribution in [-0.4, -0.2) is 50.4 Å². The third-order valence-electron chi connectivity index (χ3n) is 2.27. The van der Waals surface area contributed by atoms with Gasteiger partial charge in [-0.3, -0.25) is 4.90 Å².